The minimum atomic E-state index is -1.25. The normalized spacial score (nSPS) is 15.1. The second-order valence-corrected chi connectivity index (χ2v) is 7.64. The highest BCUT2D eigenvalue weighted by Crippen LogP contribution is 2.27. The summed E-state index contributed by atoms with van der Waals surface area (Å²) in [6.45, 7) is -0.0403. The molecule has 0 radical (unpaired) electrons. The minimum absolute atomic E-state index is 0.0595. The molecule has 3 aromatic carbocycles. The van der Waals surface area contributed by atoms with Crippen molar-refractivity contribution in [1.82, 2.24) is 14.8 Å². The molecular weight excluding hydrogens is 406 g/mol. The van der Waals surface area contributed by atoms with Crippen molar-refractivity contribution in [2.45, 2.75) is 6.54 Å². The zero-order valence-corrected chi connectivity index (χ0v) is 17.0. The highest BCUT2D eigenvalue weighted by molar-refractivity contribution is 6.15. The van der Waals surface area contributed by atoms with E-state index in [1.54, 1.807) is 6.08 Å². The van der Waals surface area contributed by atoms with Crippen molar-refractivity contribution < 1.29 is 19.5 Å². The Balaban J connectivity index is 1.55. The average molecular weight is 425 g/mol. The standard InChI is InChI=1S/C25H19N3O4/c29-23(30)15-28-24(31)21(26-25(28)32)12-18-14-27(22-11-4-3-10-20(18)22)13-17-8-5-7-16-6-1-2-9-19(16)17/h1-12,14H,13,15H2,(H,26,32)(H,29,30)/b21-12+. The van der Waals surface area contributed by atoms with Gasteiger partial charge in [0.25, 0.3) is 5.91 Å². The molecule has 158 valence electrons. The number of carboxylic acids is 1. The maximum Gasteiger partial charge on any atom is 0.329 e. The SMILES string of the molecule is O=C(O)CN1C(=O)N/C(=C/c2cn(Cc3cccc4ccccc34)c3ccccc23)C1=O. The van der Waals surface area contributed by atoms with Gasteiger partial charge in [0.1, 0.15) is 12.2 Å². The van der Waals surface area contributed by atoms with Gasteiger partial charge in [0.2, 0.25) is 0 Å². The molecule has 0 saturated carbocycles. The van der Waals surface area contributed by atoms with Gasteiger partial charge < -0.3 is 15.0 Å². The molecule has 3 amide bonds. The van der Waals surface area contributed by atoms with Gasteiger partial charge in [0.15, 0.2) is 0 Å². The first kappa shape index (κ1) is 19.6. The van der Waals surface area contributed by atoms with Gasteiger partial charge in [-0.2, -0.15) is 0 Å². The summed E-state index contributed by atoms with van der Waals surface area (Å²) >= 11 is 0. The number of fused-ring (bicyclic) bond motifs is 2. The second kappa shape index (κ2) is 7.70. The molecule has 0 unspecified atom stereocenters. The first-order chi connectivity index (χ1) is 15.5. The number of imide groups is 1. The molecule has 1 aliphatic rings. The molecule has 2 heterocycles. The van der Waals surface area contributed by atoms with Crippen LogP contribution < -0.4 is 5.32 Å². The Kier molecular flexibility index (Phi) is 4.71. The first-order valence-electron chi connectivity index (χ1n) is 10.1. The van der Waals surface area contributed by atoms with E-state index in [0.717, 1.165) is 16.5 Å². The number of hydrogen-bond acceptors (Lipinski definition) is 3. The lowest BCUT2D eigenvalue weighted by Crippen LogP contribution is -2.35. The maximum atomic E-state index is 12.5. The van der Waals surface area contributed by atoms with Crippen molar-refractivity contribution in [3.63, 3.8) is 0 Å². The van der Waals surface area contributed by atoms with E-state index < -0.39 is 24.5 Å². The number of aliphatic carboxylic acids is 1. The fraction of sp³-hybridized carbons (Fsp3) is 0.0800. The monoisotopic (exact) mass is 425 g/mol. The molecule has 0 aliphatic carbocycles. The van der Waals surface area contributed by atoms with Gasteiger partial charge in [-0.05, 0) is 28.5 Å². The zero-order chi connectivity index (χ0) is 22.2. The van der Waals surface area contributed by atoms with Crippen molar-refractivity contribution in [3.8, 4) is 0 Å². The quantitative estimate of drug-likeness (QED) is 0.376. The van der Waals surface area contributed by atoms with Gasteiger partial charge in [-0.3, -0.25) is 9.59 Å². The fourth-order valence-electron chi connectivity index (χ4n) is 4.14. The molecule has 0 bridgehead atoms. The molecule has 7 heteroatoms. The Morgan fingerprint density at radius 1 is 0.938 bits per heavy atom. The van der Waals surface area contributed by atoms with E-state index in [4.69, 9.17) is 5.11 Å². The lowest BCUT2D eigenvalue weighted by atomic mass is 10.0. The number of amides is 3. The number of urea groups is 1. The fourth-order valence-corrected chi connectivity index (χ4v) is 4.14. The highest BCUT2D eigenvalue weighted by Gasteiger charge is 2.35. The summed E-state index contributed by atoms with van der Waals surface area (Å²) in [5, 5.41) is 14.7. The summed E-state index contributed by atoms with van der Waals surface area (Å²) in [5.41, 5.74) is 2.98. The summed E-state index contributed by atoms with van der Waals surface area (Å²) in [5.74, 6) is -1.90. The Hall–Kier alpha value is -4.39. The molecule has 7 nitrogen and oxygen atoms in total. The zero-order valence-electron chi connectivity index (χ0n) is 17.0. The van der Waals surface area contributed by atoms with Crippen LogP contribution in [0.5, 0.6) is 0 Å². The van der Waals surface area contributed by atoms with Crippen molar-refractivity contribution in [2.24, 2.45) is 0 Å². The highest BCUT2D eigenvalue weighted by atomic mass is 16.4. The van der Waals surface area contributed by atoms with E-state index in [2.05, 4.69) is 34.1 Å². The van der Waals surface area contributed by atoms with Crippen LogP contribution in [0, 0.1) is 0 Å². The molecule has 5 rings (SSSR count). The number of hydrogen-bond donors (Lipinski definition) is 2. The molecule has 1 fully saturated rings. The van der Waals surface area contributed by atoms with Crippen LogP contribution in [-0.2, 0) is 16.1 Å². The average Bonchev–Trinajstić information content (AvgIpc) is 3.26. The topological polar surface area (TPSA) is 91.6 Å². The number of rotatable bonds is 5. The smallest absolute Gasteiger partial charge is 0.329 e. The van der Waals surface area contributed by atoms with E-state index in [-0.39, 0.29) is 5.70 Å². The molecule has 0 spiro atoms. The predicted molar refractivity (Wildman–Crippen MR) is 121 cm³/mol. The van der Waals surface area contributed by atoms with Crippen LogP contribution in [-0.4, -0.2) is 39.0 Å². The third-order valence-electron chi connectivity index (χ3n) is 5.60. The van der Waals surface area contributed by atoms with E-state index in [0.29, 0.717) is 11.4 Å². The number of aromatic nitrogens is 1. The summed E-state index contributed by atoms with van der Waals surface area (Å²) in [6, 6.07) is 21.5. The molecular formula is C25H19N3O4. The van der Waals surface area contributed by atoms with Gasteiger partial charge in [-0.1, -0.05) is 60.7 Å². The van der Waals surface area contributed by atoms with E-state index in [9.17, 15) is 14.4 Å². The van der Waals surface area contributed by atoms with Crippen LogP contribution in [0.1, 0.15) is 11.1 Å². The number of nitrogens with one attached hydrogen (secondary N) is 1. The Labute approximate surface area is 183 Å². The Morgan fingerprint density at radius 3 is 2.47 bits per heavy atom. The van der Waals surface area contributed by atoms with Crippen LogP contribution in [0.2, 0.25) is 0 Å². The molecule has 0 atom stereocenters. The second-order valence-electron chi connectivity index (χ2n) is 7.64. The Morgan fingerprint density at radius 2 is 1.66 bits per heavy atom. The van der Waals surface area contributed by atoms with E-state index in [1.807, 2.05) is 48.7 Å². The van der Waals surface area contributed by atoms with Crippen molar-refractivity contribution >= 4 is 45.7 Å². The number of para-hydroxylation sites is 1. The van der Waals surface area contributed by atoms with Crippen LogP contribution >= 0.6 is 0 Å². The molecule has 2 N–H and O–H groups in total. The summed E-state index contributed by atoms with van der Waals surface area (Å²) in [4.78, 5) is 36.2. The molecule has 4 aromatic rings. The number of benzene rings is 3. The van der Waals surface area contributed by atoms with E-state index >= 15 is 0 Å². The van der Waals surface area contributed by atoms with Crippen molar-refractivity contribution in [2.75, 3.05) is 6.54 Å². The summed E-state index contributed by atoms with van der Waals surface area (Å²) < 4.78 is 2.11. The lowest BCUT2D eigenvalue weighted by molar-refractivity contribution is -0.140. The lowest BCUT2D eigenvalue weighted by Gasteiger charge is -2.09. The maximum absolute atomic E-state index is 12.5. The van der Waals surface area contributed by atoms with E-state index in [1.165, 1.54) is 16.3 Å². The molecule has 1 saturated heterocycles. The van der Waals surface area contributed by atoms with Crippen LogP contribution in [0.15, 0.2) is 78.6 Å². The third kappa shape index (κ3) is 3.39. The van der Waals surface area contributed by atoms with Gasteiger partial charge in [0.05, 0.1) is 0 Å². The van der Waals surface area contributed by atoms with Gasteiger partial charge in [-0.25, -0.2) is 9.69 Å². The largest absolute Gasteiger partial charge is 0.480 e. The number of nitrogens with zero attached hydrogens (tertiary/aromatic N) is 2. The molecule has 1 aromatic heterocycles. The van der Waals surface area contributed by atoms with Crippen molar-refractivity contribution in [1.29, 1.82) is 0 Å². The van der Waals surface area contributed by atoms with Crippen LogP contribution in [0.3, 0.4) is 0 Å². The number of carbonyl (C=O) groups is 3. The van der Waals surface area contributed by atoms with Gasteiger partial charge in [0, 0.05) is 29.2 Å². The minimum Gasteiger partial charge on any atom is -0.480 e. The summed E-state index contributed by atoms with van der Waals surface area (Å²) in [7, 11) is 0. The summed E-state index contributed by atoms with van der Waals surface area (Å²) in [6.07, 6.45) is 3.54. The molecule has 32 heavy (non-hydrogen) atoms. The Bertz CT molecular complexity index is 1430. The number of carboxylic acid groups (broad SMARTS) is 1. The number of carbonyl (C=O) groups excluding carboxylic acids is 2. The van der Waals surface area contributed by atoms with Crippen LogP contribution in [0.4, 0.5) is 4.79 Å². The van der Waals surface area contributed by atoms with Gasteiger partial charge >= 0.3 is 12.0 Å². The third-order valence-corrected chi connectivity index (χ3v) is 5.60. The first-order valence-corrected chi connectivity index (χ1v) is 10.1. The van der Waals surface area contributed by atoms with Gasteiger partial charge in [-0.15, -0.1) is 0 Å². The van der Waals surface area contributed by atoms with Crippen molar-refractivity contribution in [3.05, 3.63) is 89.8 Å². The van der Waals surface area contributed by atoms with Crippen LogP contribution in [0.25, 0.3) is 27.8 Å². The predicted octanol–water partition coefficient (Wildman–Crippen LogP) is 3.82. The molecule has 1 aliphatic heterocycles.